The van der Waals surface area contributed by atoms with Crippen molar-refractivity contribution in [1.82, 2.24) is 0 Å². The first-order valence-electron chi connectivity index (χ1n) is 6.44. The Morgan fingerprint density at radius 3 is 2.76 bits per heavy atom. The standard InChI is InChI=1S/C16H16BrNO3/c1-21-10-13-14(17)6-3-7-15(13)18-9-11-4-2-5-12(8-11)16(19)20/h2-8,18H,9-10H2,1H3,(H,19,20). The van der Waals surface area contributed by atoms with Crippen molar-refractivity contribution >= 4 is 27.6 Å². The molecule has 0 spiro atoms. The maximum Gasteiger partial charge on any atom is 0.335 e. The highest BCUT2D eigenvalue weighted by atomic mass is 79.9. The summed E-state index contributed by atoms with van der Waals surface area (Å²) in [6.45, 7) is 1.05. The number of carboxylic acid groups (broad SMARTS) is 1. The zero-order chi connectivity index (χ0) is 15.2. The highest BCUT2D eigenvalue weighted by molar-refractivity contribution is 9.10. The van der Waals surface area contributed by atoms with Crippen molar-refractivity contribution in [2.24, 2.45) is 0 Å². The van der Waals surface area contributed by atoms with Gasteiger partial charge < -0.3 is 15.2 Å². The summed E-state index contributed by atoms with van der Waals surface area (Å²) in [5.74, 6) is -0.917. The first kappa shape index (κ1) is 15.5. The molecule has 2 aromatic rings. The first-order chi connectivity index (χ1) is 10.1. The molecule has 0 amide bonds. The number of carbonyl (C=O) groups is 1. The molecule has 2 N–H and O–H groups in total. The molecule has 0 heterocycles. The Hall–Kier alpha value is -1.85. The highest BCUT2D eigenvalue weighted by Gasteiger charge is 2.07. The van der Waals surface area contributed by atoms with Crippen molar-refractivity contribution in [3.63, 3.8) is 0 Å². The maximum atomic E-state index is 11.0. The summed E-state index contributed by atoms with van der Waals surface area (Å²) >= 11 is 3.51. The number of hydrogen-bond donors (Lipinski definition) is 2. The van der Waals surface area contributed by atoms with E-state index in [2.05, 4.69) is 21.2 Å². The predicted octanol–water partition coefficient (Wildman–Crippen LogP) is 3.91. The number of rotatable bonds is 6. The van der Waals surface area contributed by atoms with Crippen LogP contribution in [0.2, 0.25) is 0 Å². The Bertz CT molecular complexity index is 643. The van der Waals surface area contributed by atoms with Gasteiger partial charge in [0.25, 0.3) is 0 Å². The largest absolute Gasteiger partial charge is 0.478 e. The number of aromatic carboxylic acids is 1. The molecule has 21 heavy (non-hydrogen) atoms. The fraction of sp³-hybridized carbons (Fsp3) is 0.188. The monoisotopic (exact) mass is 349 g/mol. The van der Waals surface area contributed by atoms with E-state index in [1.54, 1.807) is 25.3 Å². The minimum atomic E-state index is -0.917. The molecule has 0 unspecified atom stereocenters. The van der Waals surface area contributed by atoms with E-state index in [0.717, 1.165) is 21.3 Å². The fourth-order valence-electron chi connectivity index (χ4n) is 2.03. The van der Waals surface area contributed by atoms with Gasteiger partial charge >= 0.3 is 5.97 Å². The lowest BCUT2D eigenvalue weighted by Crippen LogP contribution is -2.05. The number of benzene rings is 2. The lowest BCUT2D eigenvalue weighted by Gasteiger charge is -2.13. The molecule has 4 nitrogen and oxygen atoms in total. The van der Waals surface area contributed by atoms with E-state index in [9.17, 15) is 4.79 Å². The van der Waals surface area contributed by atoms with Gasteiger partial charge in [-0.25, -0.2) is 4.79 Å². The van der Waals surface area contributed by atoms with Crippen LogP contribution < -0.4 is 5.32 Å². The number of anilines is 1. The Morgan fingerprint density at radius 2 is 2.05 bits per heavy atom. The van der Waals surface area contributed by atoms with Crippen LogP contribution in [0.1, 0.15) is 21.5 Å². The summed E-state index contributed by atoms with van der Waals surface area (Å²) in [7, 11) is 1.65. The van der Waals surface area contributed by atoms with Gasteiger partial charge in [0.15, 0.2) is 0 Å². The third kappa shape index (κ3) is 4.06. The number of ether oxygens (including phenoxy) is 1. The van der Waals surface area contributed by atoms with E-state index in [-0.39, 0.29) is 0 Å². The Balaban J connectivity index is 2.15. The number of carboxylic acids is 1. The molecular formula is C16H16BrNO3. The zero-order valence-electron chi connectivity index (χ0n) is 11.6. The summed E-state index contributed by atoms with van der Waals surface area (Å²) in [5.41, 5.74) is 3.21. The van der Waals surface area contributed by atoms with Crippen LogP contribution in [-0.2, 0) is 17.9 Å². The molecule has 0 atom stereocenters. The third-order valence-corrected chi connectivity index (χ3v) is 3.81. The average Bonchev–Trinajstić information content (AvgIpc) is 2.48. The van der Waals surface area contributed by atoms with Crippen molar-refractivity contribution in [3.05, 3.63) is 63.6 Å². The van der Waals surface area contributed by atoms with Crippen LogP contribution in [0.5, 0.6) is 0 Å². The summed E-state index contributed by atoms with van der Waals surface area (Å²) in [4.78, 5) is 11.0. The summed E-state index contributed by atoms with van der Waals surface area (Å²) in [6, 6.07) is 12.8. The van der Waals surface area contributed by atoms with Crippen LogP contribution in [0.3, 0.4) is 0 Å². The molecule has 0 fully saturated rings. The lowest BCUT2D eigenvalue weighted by molar-refractivity contribution is 0.0697. The van der Waals surface area contributed by atoms with Gasteiger partial charge in [0.1, 0.15) is 0 Å². The van der Waals surface area contributed by atoms with Gasteiger partial charge in [-0.2, -0.15) is 0 Å². The Morgan fingerprint density at radius 1 is 1.29 bits per heavy atom. The lowest BCUT2D eigenvalue weighted by atomic mass is 10.1. The van der Waals surface area contributed by atoms with Gasteiger partial charge in [0.05, 0.1) is 12.2 Å². The van der Waals surface area contributed by atoms with Crippen molar-refractivity contribution in [2.75, 3.05) is 12.4 Å². The number of methoxy groups -OCH3 is 1. The number of halogens is 1. The summed E-state index contributed by atoms with van der Waals surface area (Å²) in [5, 5.41) is 12.3. The van der Waals surface area contributed by atoms with E-state index < -0.39 is 5.97 Å². The molecule has 110 valence electrons. The van der Waals surface area contributed by atoms with Crippen LogP contribution in [0, 0.1) is 0 Å². The maximum absolute atomic E-state index is 11.0. The van der Waals surface area contributed by atoms with E-state index in [4.69, 9.17) is 9.84 Å². The van der Waals surface area contributed by atoms with Gasteiger partial charge in [-0.05, 0) is 29.8 Å². The predicted molar refractivity (Wildman–Crippen MR) is 85.6 cm³/mol. The summed E-state index contributed by atoms with van der Waals surface area (Å²) in [6.07, 6.45) is 0. The van der Waals surface area contributed by atoms with Crippen LogP contribution in [0.4, 0.5) is 5.69 Å². The second kappa shape index (κ2) is 7.24. The first-order valence-corrected chi connectivity index (χ1v) is 7.23. The van der Waals surface area contributed by atoms with E-state index in [0.29, 0.717) is 18.7 Å². The topological polar surface area (TPSA) is 58.6 Å². The molecule has 0 aliphatic carbocycles. The van der Waals surface area contributed by atoms with Crippen LogP contribution in [0.25, 0.3) is 0 Å². The van der Waals surface area contributed by atoms with E-state index in [1.165, 1.54) is 0 Å². The minimum absolute atomic E-state index is 0.292. The summed E-state index contributed by atoms with van der Waals surface area (Å²) < 4.78 is 6.18. The van der Waals surface area contributed by atoms with Crippen molar-refractivity contribution < 1.29 is 14.6 Å². The minimum Gasteiger partial charge on any atom is -0.478 e. The average molecular weight is 350 g/mol. The molecule has 0 aromatic heterocycles. The van der Waals surface area contributed by atoms with E-state index >= 15 is 0 Å². The second-order valence-electron chi connectivity index (χ2n) is 4.56. The van der Waals surface area contributed by atoms with Gasteiger partial charge in [0.2, 0.25) is 0 Å². The molecule has 0 saturated heterocycles. The molecule has 2 rings (SSSR count). The van der Waals surface area contributed by atoms with Crippen molar-refractivity contribution in [2.45, 2.75) is 13.2 Å². The van der Waals surface area contributed by atoms with Crippen LogP contribution in [-0.4, -0.2) is 18.2 Å². The van der Waals surface area contributed by atoms with Gasteiger partial charge in [-0.1, -0.05) is 34.1 Å². The Labute approximate surface area is 131 Å². The Kier molecular flexibility index (Phi) is 5.36. The van der Waals surface area contributed by atoms with Crippen LogP contribution in [0.15, 0.2) is 46.9 Å². The SMILES string of the molecule is COCc1c(Br)cccc1NCc1cccc(C(=O)O)c1. The second-order valence-corrected chi connectivity index (χ2v) is 5.41. The molecular weight excluding hydrogens is 334 g/mol. The molecule has 0 aliphatic heterocycles. The van der Waals surface area contributed by atoms with Crippen LogP contribution >= 0.6 is 15.9 Å². The smallest absolute Gasteiger partial charge is 0.335 e. The van der Waals surface area contributed by atoms with Gasteiger partial charge in [-0.15, -0.1) is 0 Å². The molecule has 0 saturated carbocycles. The highest BCUT2D eigenvalue weighted by Crippen LogP contribution is 2.26. The van der Waals surface area contributed by atoms with E-state index in [1.807, 2.05) is 24.3 Å². The molecule has 2 aromatic carbocycles. The van der Waals surface area contributed by atoms with Gasteiger partial charge in [-0.3, -0.25) is 0 Å². The van der Waals surface area contributed by atoms with Crippen molar-refractivity contribution in [3.8, 4) is 0 Å². The molecule has 0 bridgehead atoms. The quantitative estimate of drug-likeness (QED) is 0.830. The normalized spacial score (nSPS) is 10.4. The zero-order valence-corrected chi connectivity index (χ0v) is 13.2. The molecule has 0 radical (unpaired) electrons. The fourth-order valence-corrected chi connectivity index (χ4v) is 2.51. The third-order valence-electron chi connectivity index (χ3n) is 3.06. The van der Waals surface area contributed by atoms with Crippen molar-refractivity contribution in [1.29, 1.82) is 0 Å². The van der Waals surface area contributed by atoms with Gasteiger partial charge in [0, 0.05) is 29.4 Å². The number of nitrogens with one attached hydrogen (secondary N) is 1. The molecule has 5 heteroatoms. The molecule has 0 aliphatic rings. The number of hydrogen-bond acceptors (Lipinski definition) is 3.